The van der Waals surface area contributed by atoms with Gasteiger partial charge in [0, 0.05) is 55.2 Å². The molecule has 3 rings (SSSR count). The molecule has 2 aliphatic rings. The summed E-state index contributed by atoms with van der Waals surface area (Å²) < 4.78 is 5.49. The van der Waals surface area contributed by atoms with Crippen LogP contribution in [-0.4, -0.2) is 49.7 Å². The van der Waals surface area contributed by atoms with E-state index in [4.69, 9.17) is 4.74 Å². The number of amides is 1. The van der Waals surface area contributed by atoms with E-state index in [2.05, 4.69) is 22.1 Å². The standard InChI is InChI=1S/C21H29N3O3S/c1-5-24(16-6-8-27-9-7-16)21-14(3)18(12-28-21)20(26)22-11-17-15(4)23-13(2)10-19(17)25/h10,12,16-17H,5-9,11H2,1-4H3,(H,22,26). The molecule has 0 radical (unpaired) electrons. The van der Waals surface area contributed by atoms with Crippen molar-refractivity contribution in [1.82, 2.24) is 5.32 Å². The van der Waals surface area contributed by atoms with Crippen molar-refractivity contribution in [1.29, 1.82) is 0 Å². The third-order valence-electron chi connectivity index (χ3n) is 5.51. The van der Waals surface area contributed by atoms with Crippen molar-refractivity contribution in [3.05, 3.63) is 28.3 Å². The number of thiophene rings is 1. The van der Waals surface area contributed by atoms with Crippen LogP contribution in [0.25, 0.3) is 0 Å². The molecule has 1 aromatic rings. The highest BCUT2D eigenvalue weighted by Gasteiger charge is 2.27. The molecule has 1 unspecified atom stereocenters. The lowest BCUT2D eigenvalue weighted by molar-refractivity contribution is -0.116. The van der Waals surface area contributed by atoms with Gasteiger partial charge in [0.25, 0.3) is 5.91 Å². The fourth-order valence-electron chi connectivity index (χ4n) is 3.92. The maximum atomic E-state index is 12.8. The number of nitrogens with zero attached hydrogens (tertiary/aromatic N) is 2. The van der Waals surface area contributed by atoms with Crippen molar-refractivity contribution in [2.24, 2.45) is 10.9 Å². The molecule has 0 spiro atoms. The van der Waals surface area contributed by atoms with E-state index in [1.165, 1.54) is 0 Å². The molecular weight excluding hydrogens is 374 g/mol. The van der Waals surface area contributed by atoms with Gasteiger partial charge in [0.15, 0.2) is 5.78 Å². The summed E-state index contributed by atoms with van der Waals surface area (Å²) in [6.07, 6.45) is 3.58. The van der Waals surface area contributed by atoms with E-state index >= 15 is 0 Å². The minimum Gasteiger partial charge on any atom is -0.381 e. The second kappa shape index (κ2) is 9.01. The summed E-state index contributed by atoms with van der Waals surface area (Å²) in [4.78, 5) is 31.8. The number of nitrogens with one attached hydrogen (secondary N) is 1. The summed E-state index contributed by atoms with van der Waals surface area (Å²) in [6, 6.07) is 0.459. The van der Waals surface area contributed by atoms with Gasteiger partial charge < -0.3 is 15.0 Å². The Morgan fingerprint density at radius 3 is 2.68 bits per heavy atom. The first-order valence-corrected chi connectivity index (χ1v) is 10.8. The Hall–Kier alpha value is -1.99. The lowest BCUT2D eigenvalue weighted by atomic mass is 9.95. The summed E-state index contributed by atoms with van der Waals surface area (Å²) in [7, 11) is 0. The van der Waals surface area contributed by atoms with E-state index in [-0.39, 0.29) is 24.2 Å². The Labute approximate surface area is 170 Å². The fourth-order valence-corrected chi connectivity index (χ4v) is 5.13. The maximum absolute atomic E-state index is 12.8. The summed E-state index contributed by atoms with van der Waals surface area (Å²) in [5, 5.41) is 6.02. The molecule has 0 saturated carbocycles. The molecule has 1 amide bonds. The number of hydrogen-bond donors (Lipinski definition) is 1. The fraction of sp³-hybridized carbons (Fsp3) is 0.571. The number of hydrogen-bond acceptors (Lipinski definition) is 6. The highest BCUT2D eigenvalue weighted by Crippen LogP contribution is 2.34. The average Bonchev–Trinajstić information content (AvgIpc) is 3.04. The molecule has 1 saturated heterocycles. The van der Waals surface area contributed by atoms with Gasteiger partial charge in [-0.25, -0.2) is 0 Å². The number of ether oxygens (including phenoxy) is 1. The van der Waals surface area contributed by atoms with Crippen molar-refractivity contribution < 1.29 is 14.3 Å². The molecule has 3 heterocycles. The van der Waals surface area contributed by atoms with Crippen molar-refractivity contribution in [3.8, 4) is 0 Å². The molecule has 0 aliphatic carbocycles. The van der Waals surface area contributed by atoms with Gasteiger partial charge in [-0.3, -0.25) is 14.6 Å². The minimum atomic E-state index is -0.375. The van der Waals surface area contributed by atoms with Crippen molar-refractivity contribution in [2.45, 2.75) is 46.6 Å². The number of aliphatic imine (C=N–C) groups is 1. The van der Waals surface area contributed by atoms with Crippen molar-refractivity contribution >= 4 is 33.7 Å². The Kier molecular flexibility index (Phi) is 6.67. The highest BCUT2D eigenvalue weighted by molar-refractivity contribution is 7.14. The van der Waals surface area contributed by atoms with Crippen molar-refractivity contribution in [2.75, 3.05) is 31.2 Å². The van der Waals surface area contributed by atoms with Gasteiger partial charge in [-0.05, 0) is 46.1 Å². The lowest BCUT2D eigenvalue weighted by Crippen LogP contribution is -2.39. The van der Waals surface area contributed by atoms with Crippen LogP contribution < -0.4 is 10.2 Å². The molecule has 1 fully saturated rings. The summed E-state index contributed by atoms with van der Waals surface area (Å²) in [5.74, 6) is -0.500. The first kappa shape index (κ1) is 20.7. The van der Waals surface area contributed by atoms with Crippen molar-refractivity contribution in [3.63, 3.8) is 0 Å². The van der Waals surface area contributed by atoms with Gasteiger partial charge in [-0.1, -0.05) is 0 Å². The zero-order valence-corrected chi connectivity index (χ0v) is 17.9. The molecule has 28 heavy (non-hydrogen) atoms. The first-order valence-electron chi connectivity index (χ1n) is 9.90. The molecule has 152 valence electrons. The molecule has 1 atom stereocenters. The molecule has 7 heteroatoms. The number of anilines is 1. The van der Waals surface area contributed by atoms with Gasteiger partial charge in [-0.2, -0.15) is 0 Å². The smallest absolute Gasteiger partial charge is 0.252 e. The first-order chi connectivity index (χ1) is 13.4. The number of carbonyl (C=O) groups excluding carboxylic acids is 2. The van der Waals surface area contributed by atoms with Crippen LogP contribution in [0.5, 0.6) is 0 Å². The maximum Gasteiger partial charge on any atom is 0.252 e. The van der Waals surface area contributed by atoms with Crippen LogP contribution in [0.15, 0.2) is 22.1 Å². The van der Waals surface area contributed by atoms with Gasteiger partial charge in [0.2, 0.25) is 0 Å². The number of allylic oxidation sites excluding steroid dienone is 2. The van der Waals surface area contributed by atoms with Crippen LogP contribution in [0, 0.1) is 12.8 Å². The second-order valence-electron chi connectivity index (χ2n) is 7.41. The summed E-state index contributed by atoms with van der Waals surface area (Å²) >= 11 is 1.62. The largest absolute Gasteiger partial charge is 0.381 e. The molecule has 0 bridgehead atoms. The lowest BCUT2D eigenvalue weighted by Gasteiger charge is -2.34. The van der Waals surface area contributed by atoms with Crippen LogP contribution >= 0.6 is 11.3 Å². The molecule has 2 aliphatic heterocycles. The monoisotopic (exact) mass is 403 g/mol. The number of rotatable bonds is 6. The average molecular weight is 404 g/mol. The van der Waals surface area contributed by atoms with E-state index in [0.29, 0.717) is 11.6 Å². The Bertz CT molecular complexity index is 806. The van der Waals surface area contributed by atoms with Crippen LogP contribution in [0.3, 0.4) is 0 Å². The molecular formula is C21H29N3O3S. The van der Waals surface area contributed by atoms with Crippen LogP contribution in [0.2, 0.25) is 0 Å². The zero-order valence-electron chi connectivity index (χ0n) is 17.1. The third kappa shape index (κ3) is 4.36. The van der Waals surface area contributed by atoms with E-state index in [0.717, 1.165) is 54.6 Å². The minimum absolute atomic E-state index is 0.00436. The SMILES string of the molecule is CCN(c1scc(C(=O)NCC2C(=O)C=C(C)N=C2C)c1C)C1CCOCC1. The molecule has 1 aromatic heterocycles. The molecule has 0 aromatic carbocycles. The van der Waals surface area contributed by atoms with E-state index < -0.39 is 0 Å². The molecule has 1 N–H and O–H groups in total. The normalized spacial score (nSPS) is 20.6. The Morgan fingerprint density at radius 2 is 2.04 bits per heavy atom. The predicted octanol–water partition coefficient (Wildman–Crippen LogP) is 3.36. The van der Waals surface area contributed by atoms with Gasteiger partial charge in [0.1, 0.15) is 0 Å². The number of ketones is 1. The van der Waals surface area contributed by atoms with Gasteiger partial charge in [-0.15, -0.1) is 11.3 Å². The van der Waals surface area contributed by atoms with E-state index in [1.807, 2.05) is 26.2 Å². The highest BCUT2D eigenvalue weighted by atomic mass is 32.1. The number of carbonyl (C=O) groups is 2. The predicted molar refractivity (Wildman–Crippen MR) is 114 cm³/mol. The Balaban J connectivity index is 1.68. The quantitative estimate of drug-likeness (QED) is 0.791. The third-order valence-corrected chi connectivity index (χ3v) is 6.63. The molecule has 6 nitrogen and oxygen atoms in total. The van der Waals surface area contributed by atoms with E-state index in [9.17, 15) is 9.59 Å². The van der Waals surface area contributed by atoms with Crippen LogP contribution in [-0.2, 0) is 9.53 Å². The summed E-state index contributed by atoms with van der Waals surface area (Å²) in [5.41, 5.74) is 3.17. The van der Waals surface area contributed by atoms with Gasteiger partial charge >= 0.3 is 0 Å². The van der Waals surface area contributed by atoms with Crippen LogP contribution in [0.1, 0.15) is 49.5 Å². The van der Waals surface area contributed by atoms with Gasteiger partial charge in [0.05, 0.1) is 16.5 Å². The summed E-state index contributed by atoms with van der Waals surface area (Å²) in [6.45, 7) is 10.6. The van der Waals surface area contributed by atoms with E-state index in [1.54, 1.807) is 17.4 Å². The topological polar surface area (TPSA) is 71.0 Å². The zero-order chi connectivity index (χ0) is 20.3. The van der Waals surface area contributed by atoms with Crippen LogP contribution in [0.4, 0.5) is 5.00 Å². The Morgan fingerprint density at radius 1 is 1.32 bits per heavy atom. The second-order valence-corrected chi connectivity index (χ2v) is 8.27.